The molecule has 0 aliphatic carbocycles. The molecule has 0 aliphatic heterocycles. The van der Waals surface area contributed by atoms with Crippen LogP contribution in [0.25, 0.3) is 10.9 Å². The number of benzene rings is 1. The molecule has 26 heavy (non-hydrogen) atoms. The Hall–Kier alpha value is -3.33. The van der Waals surface area contributed by atoms with E-state index in [0.29, 0.717) is 15.9 Å². The largest absolute Gasteiger partial charge is 0.441 e. The third kappa shape index (κ3) is 4.01. The van der Waals surface area contributed by atoms with E-state index in [1.807, 2.05) is 0 Å². The maximum absolute atomic E-state index is 12.2. The summed E-state index contributed by atoms with van der Waals surface area (Å²) < 4.78 is 5.85. The van der Waals surface area contributed by atoms with Gasteiger partial charge in [-0.15, -0.1) is 5.10 Å². The third-order valence-corrected chi connectivity index (χ3v) is 3.56. The maximum atomic E-state index is 12.2. The van der Waals surface area contributed by atoms with Gasteiger partial charge in [-0.3, -0.25) is 19.4 Å². The Balaban J connectivity index is 1.57. The van der Waals surface area contributed by atoms with Crippen molar-refractivity contribution in [3.63, 3.8) is 0 Å². The summed E-state index contributed by atoms with van der Waals surface area (Å²) in [6.45, 7) is -0.816. The van der Waals surface area contributed by atoms with Crippen molar-refractivity contribution in [1.82, 2.24) is 25.3 Å². The van der Waals surface area contributed by atoms with Crippen LogP contribution in [0, 0.1) is 0 Å². The normalized spacial score (nSPS) is 10.5. The van der Waals surface area contributed by atoms with Crippen molar-refractivity contribution < 1.29 is 14.3 Å². The molecule has 0 atom stereocenters. The fourth-order valence-corrected chi connectivity index (χ4v) is 2.22. The van der Waals surface area contributed by atoms with Crippen LogP contribution in [0.1, 0.15) is 10.5 Å². The van der Waals surface area contributed by atoms with Gasteiger partial charge >= 0.3 is 5.97 Å². The number of aromatic nitrogens is 4. The number of nitrogens with one attached hydrogen (secondary N) is 1. The molecule has 0 bridgehead atoms. The van der Waals surface area contributed by atoms with Crippen LogP contribution < -0.4 is 10.9 Å². The second-order valence-electron chi connectivity index (χ2n) is 5.10. The molecular weight excluding hydrogens is 362 g/mol. The minimum atomic E-state index is -0.748. The van der Waals surface area contributed by atoms with Crippen molar-refractivity contribution in [2.75, 3.05) is 6.54 Å². The lowest BCUT2D eigenvalue weighted by Gasteiger charge is -2.07. The van der Waals surface area contributed by atoms with E-state index >= 15 is 0 Å². The molecule has 0 saturated carbocycles. The Bertz CT molecular complexity index is 1040. The molecule has 1 amide bonds. The molecule has 0 radical (unpaired) electrons. The number of fused-ring (bicyclic) bond motifs is 1. The smallest absolute Gasteiger partial charge is 0.327 e. The van der Waals surface area contributed by atoms with E-state index < -0.39 is 30.7 Å². The van der Waals surface area contributed by atoms with Crippen LogP contribution in [0.2, 0.25) is 5.02 Å². The van der Waals surface area contributed by atoms with Crippen molar-refractivity contribution in [1.29, 1.82) is 0 Å². The number of pyridine rings is 1. The molecule has 10 heteroatoms. The maximum Gasteiger partial charge on any atom is 0.327 e. The van der Waals surface area contributed by atoms with E-state index in [1.165, 1.54) is 18.3 Å². The van der Waals surface area contributed by atoms with E-state index in [1.54, 1.807) is 24.3 Å². The van der Waals surface area contributed by atoms with Gasteiger partial charge in [-0.2, -0.15) is 4.68 Å². The number of ether oxygens (including phenoxy) is 1. The van der Waals surface area contributed by atoms with Crippen LogP contribution in [0.5, 0.6) is 0 Å². The second kappa shape index (κ2) is 7.70. The zero-order valence-corrected chi connectivity index (χ0v) is 14.0. The number of carbonyl (C=O) groups excluding carboxylic acids is 2. The molecule has 1 aromatic carbocycles. The highest BCUT2D eigenvalue weighted by Crippen LogP contribution is 2.07. The van der Waals surface area contributed by atoms with E-state index in [9.17, 15) is 14.4 Å². The van der Waals surface area contributed by atoms with Crippen LogP contribution in [0.4, 0.5) is 0 Å². The van der Waals surface area contributed by atoms with Crippen LogP contribution in [-0.4, -0.2) is 38.4 Å². The molecule has 3 aromatic rings. The SMILES string of the molecule is O=C(CNC(=O)c1cc(Cl)ccn1)OCn1nnc2ccccc2c1=O. The van der Waals surface area contributed by atoms with Crippen LogP contribution >= 0.6 is 11.6 Å². The Morgan fingerprint density at radius 2 is 2.04 bits per heavy atom. The summed E-state index contributed by atoms with van der Waals surface area (Å²) in [5.74, 6) is -1.32. The first-order valence-electron chi connectivity index (χ1n) is 7.42. The molecular formula is C16H12ClN5O4. The zero-order valence-electron chi connectivity index (χ0n) is 13.3. The number of nitrogens with zero attached hydrogens (tertiary/aromatic N) is 4. The fraction of sp³-hybridized carbons (Fsp3) is 0.125. The van der Waals surface area contributed by atoms with E-state index in [4.69, 9.17) is 16.3 Å². The van der Waals surface area contributed by atoms with E-state index in [-0.39, 0.29) is 5.69 Å². The average molecular weight is 374 g/mol. The zero-order chi connectivity index (χ0) is 18.5. The molecule has 9 nitrogen and oxygen atoms in total. The number of amides is 1. The van der Waals surface area contributed by atoms with Gasteiger partial charge in [-0.05, 0) is 24.3 Å². The van der Waals surface area contributed by atoms with Gasteiger partial charge in [0, 0.05) is 11.2 Å². The summed E-state index contributed by atoms with van der Waals surface area (Å²) in [5, 5.41) is 10.6. The van der Waals surface area contributed by atoms with Gasteiger partial charge in [0.25, 0.3) is 11.5 Å². The molecule has 2 heterocycles. The molecule has 0 aliphatic rings. The monoisotopic (exact) mass is 373 g/mol. The first-order valence-corrected chi connectivity index (χ1v) is 7.80. The molecule has 0 fully saturated rings. The fourth-order valence-electron chi connectivity index (χ4n) is 2.06. The van der Waals surface area contributed by atoms with Crippen molar-refractivity contribution in [2.24, 2.45) is 0 Å². The van der Waals surface area contributed by atoms with Gasteiger partial charge in [-0.1, -0.05) is 28.9 Å². The number of hydrogen-bond acceptors (Lipinski definition) is 7. The Labute approximate surface area is 151 Å². The minimum Gasteiger partial charge on any atom is -0.441 e. The Morgan fingerprint density at radius 3 is 2.85 bits per heavy atom. The summed E-state index contributed by atoms with van der Waals surface area (Å²) in [5.41, 5.74) is 0.0823. The van der Waals surface area contributed by atoms with E-state index in [2.05, 4.69) is 20.6 Å². The third-order valence-electron chi connectivity index (χ3n) is 3.33. The van der Waals surface area contributed by atoms with Crippen LogP contribution in [0.15, 0.2) is 47.4 Å². The second-order valence-corrected chi connectivity index (χ2v) is 5.54. The van der Waals surface area contributed by atoms with Gasteiger partial charge in [0.05, 0.1) is 5.39 Å². The van der Waals surface area contributed by atoms with Gasteiger partial charge in [-0.25, -0.2) is 0 Å². The molecule has 0 spiro atoms. The first kappa shape index (κ1) is 17.5. The lowest BCUT2D eigenvalue weighted by atomic mass is 10.2. The van der Waals surface area contributed by atoms with Gasteiger partial charge in [0.1, 0.15) is 17.8 Å². The summed E-state index contributed by atoms with van der Waals surface area (Å²) in [7, 11) is 0. The molecule has 3 rings (SSSR count). The molecule has 2 aromatic heterocycles. The molecule has 0 saturated heterocycles. The van der Waals surface area contributed by atoms with Crippen LogP contribution in [0.3, 0.4) is 0 Å². The number of carbonyl (C=O) groups is 2. The number of hydrogen-bond donors (Lipinski definition) is 1. The topological polar surface area (TPSA) is 116 Å². The lowest BCUT2D eigenvalue weighted by Crippen LogP contribution is -2.33. The van der Waals surface area contributed by atoms with Crippen molar-refractivity contribution in [2.45, 2.75) is 6.73 Å². The molecule has 0 unspecified atom stereocenters. The molecule has 1 N–H and O–H groups in total. The van der Waals surface area contributed by atoms with Crippen molar-refractivity contribution >= 4 is 34.4 Å². The number of rotatable bonds is 5. The number of halogens is 1. The standard InChI is InChI=1S/C16H12ClN5O4/c17-10-5-6-18-13(7-10)15(24)19-8-14(23)26-9-22-16(25)11-3-1-2-4-12(11)20-21-22/h1-7H,8-9H2,(H,19,24). The highest BCUT2D eigenvalue weighted by atomic mass is 35.5. The predicted octanol–water partition coefficient (Wildman–Crippen LogP) is 0.771. The van der Waals surface area contributed by atoms with Gasteiger partial charge in [0.15, 0.2) is 6.73 Å². The van der Waals surface area contributed by atoms with E-state index in [0.717, 1.165) is 4.68 Å². The highest BCUT2D eigenvalue weighted by Gasteiger charge is 2.12. The average Bonchev–Trinajstić information content (AvgIpc) is 2.65. The minimum absolute atomic E-state index is 0.0712. The molecule has 132 valence electrons. The number of esters is 1. The Morgan fingerprint density at radius 1 is 1.23 bits per heavy atom. The summed E-state index contributed by atoms with van der Waals surface area (Å²) >= 11 is 5.77. The van der Waals surface area contributed by atoms with Crippen molar-refractivity contribution in [3.8, 4) is 0 Å². The summed E-state index contributed by atoms with van der Waals surface area (Å²) in [6, 6.07) is 9.57. The van der Waals surface area contributed by atoms with Crippen LogP contribution in [-0.2, 0) is 16.3 Å². The summed E-state index contributed by atoms with van der Waals surface area (Å²) in [4.78, 5) is 39.6. The van der Waals surface area contributed by atoms with Gasteiger partial charge in [0.2, 0.25) is 0 Å². The first-order chi connectivity index (χ1) is 12.5. The lowest BCUT2D eigenvalue weighted by molar-refractivity contribution is -0.146. The Kier molecular flexibility index (Phi) is 5.18. The van der Waals surface area contributed by atoms with Crippen molar-refractivity contribution in [3.05, 3.63) is 63.7 Å². The highest BCUT2D eigenvalue weighted by molar-refractivity contribution is 6.30. The quantitative estimate of drug-likeness (QED) is 0.656. The summed E-state index contributed by atoms with van der Waals surface area (Å²) in [6.07, 6.45) is 1.38. The predicted molar refractivity (Wildman–Crippen MR) is 91.5 cm³/mol. The van der Waals surface area contributed by atoms with Gasteiger partial charge < -0.3 is 10.1 Å².